The van der Waals surface area contributed by atoms with Crippen molar-refractivity contribution in [3.63, 3.8) is 0 Å². The molecule has 0 spiro atoms. The van der Waals surface area contributed by atoms with Gasteiger partial charge < -0.3 is 14.8 Å². The van der Waals surface area contributed by atoms with E-state index in [1.807, 2.05) is 37.6 Å². The van der Waals surface area contributed by atoms with Crippen LogP contribution < -0.4 is 10.1 Å². The highest BCUT2D eigenvalue weighted by molar-refractivity contribution is 8.22. The zero-order valence-electron chi connectivity index (χ0n) is 28.2. The van der Waals surface area contributed by atoms with Gasteiger partial charge in [0.25, 0.3) is 0 Å². The minimum atomic E-state index is -3.33. The standard InChI is InChI=1S/C36H47N5O5S/c1-7-28-21-40(47(43,44)32-12-10-9-11-31(32)46-28)20-27-19-25(14-13-23(27)3)33(36(5,6)37-35(42)26-17-18-45-22-26)29-15-16-30-34(24(29)4)38-39-41(30)8-2/h9-16,19,26,28,33,43-44H,7-8,17-18,20-22H2,1-6H3,(H,37,42)/t26?,28?,33-/m0/s1. The van der Waals surface area contributed by atoms with E-state index in [1.54, 1.807) is 16.4 Å². The molecule has 2 unspecified atom stereocenters. The summed E-state index contributed by atoms with van der Waals surface area (Å²) in [6.45, 7) is 14.8. The molecule has 1 aromatic heterocycles. The van der Waals surface area contributed by atoms with Crippen molar-refractivity contribution in [2.24, 2.45) is 5.92 Å². The van der Waals surface area contributed by atoms with Crippen LogP contribution in [0.2, 0.25) is 0 Å². The van der Waals surface area contributed by atoms with Gasteiger partial charge in [0, 0.05) is 31.2 Å². The Labute approximate surface area is 278 Å². The second-order valence-electron chi connectivity index (χ2n) is 13.4. The smallest absolute Gasteiger partial charge is 0.225 e. The van der Waals surface area contributed by atoms with Crippen molar-refractivity contribution < 1.29 is 23.4 Å². The van der Waals surface area contributed by atoms with Crippen molar-refractivity contribution in [2.45, 2.75) is 89.9 Å². The Morgan fingerprint density at radius 2 is 1.91 bits per heavy atom. The van der Waals surface area contributed by atoms with Crippen LogP contribution in [0.1, 0.15) is 74.3 Å². The zero-order chi connectivity index (χ0) is 33.5. The summed E-state index contributed by atoms with van der Waals surface area (Å²) in [6.07, 6.45) is 1.24. The van der Waals surface area contributed by atoms with Crippen molar-refractivity contribution in [1.82, 2.24) is 24.6 Å². The number of carbonyl (C=O) groups excluding carboxylic acids is 1. The van der Waals surface area contributed by atoms with E-state index in [-0.39, 0.29) is 23.8 Å². The molecule has 1 amide bonds. The van der Waals surface area contributed by atoms with E-state index in [1.165, 1.54) is 0 Å². The zero-order valence-corrected chi connectivity index (χ0v) is 29.0. The maximum absolute atomic E-state index is 13.5. The number of amides is 1. The Kier molecular flexibility index (Phi) is 9.39. The number of para-hydroxylation sites is 1. The fourth-order valence-electron chi connectivity index (χ4n) is 7.01. The molecular formula is C36H47N5O5S. The van der Waals surface area contributed by atoms with E-state index in [9.17, 15) is 13.9 Å². The number of rotatable bonds is 9. The molecule has 0 bridgehead atoms. The first-order valence-electron chi connectivity index (χ1n) is 16.6. The lowest BCUT2D eigenvalue weighted by Gasteiger charge is -2.42. The lowest BCUT2D eigenvalue weighted by atomic mass is 9.74. The van der Waals surface area contributed by atoms with Crippen LogP contribution in [0, 0.1) is 19.8 Å². The minimum absolute atomic E-state index is 0.0109. The number of aromatic nitrogens is 3. The molecule has 0 aliphatic carbocycles. The summed E-state index contributed by atoms with van der Waals surface area (Å²) in [7, 11) is -3.33. The van der Waals surface area contributed by atoms with Gasteiger partial charge in [0.05, 0.1) is 24.6 Å². The summed E-state index contributed by atoms with van der Waals surface area (Å²) >= 11 is 0. The molecule has 4 aromatic rings. The third-order valence-corrected chi connectivity index (χ3v) is 11.7. The average molecular weight is 662 g/mol. The molecule has 1 saturated heterocycles. The van der Waals surface area contributed by atoms with Crippen LogP contribution in [-0.2, 0) is 22.6 Å². The second-order valence-corrected chi connectivity index (χ2v) is 15.4. The quantitative estimate of drug-likeness (QED) is 0.179. The third-order valence-electron chi connectivity index (χ3n) is 9.77. The van der Waals surface area contributed by atoms with E-state index >= 15 is 0 Å². The number of nitrogens with one attached hydrogen (secondary N) is 1. The van der Waals surface area contributed by atoms with Crippen molar-refractivity contribution in [3.05, 3.63) is 82.4 Å². The molecule has 11 heteroatoms. The van der Waals surface area contributed by atoms with Gasteiger partial charge in [-0.3, -0.25) is 13.9 Å². The van der Waals surface area contributed by atoms with Crippen LogP contribution in [0.4, 0.5) is 0 Å². The monoisotopic (exact) mass is 661 g/mol. The molecule has 252 valence electrons. The number of ether oxygens (including phenoxy) is 2. The fourth-order valence-corrected chi connectivity index (χ4v) is 8.62. The highest BCUT2D eigenvalue weighted by Gasteiger charge is 2.39. The lowest BCUT2D eigenvalue weighted by molar-refractivity contribution is -0.126. The Bertz CT molecular complexity index is 1770. The van der Waals surface area contributed by atoms with Crippen molar-refractivity contribution in [3.8, 4) is 5.75 Å². The van der Waals surface area contributed by atoms with E-state index in [0.29, 0.717) is 43.4 Å². The van der Waals surface area contributed by atoms with Gasteiger partial charge >= 0.3 is 0 Å². The van der Waals surface area contributed by atoms with E-state index in [2.05, 4.69) is 66.7 Å². The van der Waals surface area contributed by atoms with Crippen LogP contribution in [-0.4, -0.2) is 65.7 Å². The normalized spacial score (nSPS) is 21.1. The number of hydrogen-bond acceptors (Lipinski definition) is 8. The van der Waals surface area contributed by atoms with Gasteiger partial charge in [-0.05, 0) is 93.5 Å². The summed E-state index contributed by atoms with van der Waals surface area (Å²) in [5.74, 6) is 0.0781. The van der Waals surface area contributed by atoms with Crippen molar-refractivity contribution in [1.29, 1.82) is 0 Å². The SMILES string of the molecule is CCC1CN(Cc2cc([C@@H](c3ccc4c(nnn4CC)c3C)C(C)(C)NC(=O)C3CCOC3)ccc2C)S(O)(O)c2ccccc2O1. The molecule has 3 atom stereocenters. The second kappa shape index (κ2) is 13.2. The maximum atomic E-state index is 13.5. The molecule has 0 radical (unpaired) electrons. The fraction of sp³-hybridized carbons (Fsp3) is 0.472. The highest BCUT2D eigenvalue weighted by Crippen LogP contribution is 2.57. The number of nitrogens with zero attached hydrogens (tertiary/aromatic N) is 4. The number of benzene rings is 3. The number of aryl methyl sites for hydroxylation is 3. The Balaban J connectivity index is 1.43. The molecule has 2 aliphatic heterocycles. The van der Waals surface area contributed by atoms with Gasteiger partial charge in [-0.2, -0.15) is 4.31 Å². The topological polar surface area (TPSA) is 122 Å². The minimum Gasteiger partial charge on any atom is -0.487 e. The number of carbonyl (C=O) groups is 1. The lowest BCUT2D eigenvalue weighted by Crippen LogP contribution is -2.50. The molecular weight excluding hydrogens is 614 g/mol. The molecule has 10 nitrogen and oxygen atoms in total. The largest absolute Gasteiger partial charge is 0.487 e. The Morgan fingerprint density at radius 1 is 1.13 bits per heavy atom. The first-order valence-corrected chi connectivity index (χ1v) is 18.1. The number of hydrogen-bond donors (Lipinski definition) is 3. The summed E-state index contributed by atoms with van der Waals surface area (Å²) in [5.41, 5.74) is 6.21. The van der Waals surface area contributed by atoms with E-state index in [0.717, 1.165) is 51.8 Å². The molecule has 3 heterocycles. The molecule has 47 heavy (non-hydrogen) atoms. The Hall–Kier alpha value is -3.48. The number of fused-ring (bicyclic) bond motifs is 2. The Morgan fingerprint density at radius 3 is 2.64 bits per heavy atom. The molecule has 3 aromatic carbocycles. The van der Waals surface area contributed by atoms with Crippen LogP contribution in [0.5, 0.6) is 5.75 Å². The van der Waals surface area contributed by atoms with Gasteiger partial charge in [0.1, 0.15) is 22.3 Å². The summed E-state index contributed by atoms with van der Waals surface area (Å²) in [6, 6.07) is 17.8. The average Bonchev–Trinajstić information content (AvgIpc) is 3.72. The van der Waals surface area contributed by atoms with E-state index < -0.39 is 16.3 Å². The van der Waals surface area contributed by atoms with Gasteiger partial charge in [-0.1, -0.05) is 48.5 Å². The third kappa shape index (κ3) is 6.39. The molecule has 2 aliphatic rings. The molecule has 3 N–H and O–H groups in total. The first kappa shape index (κ1) is 33.4. The predicted molar refractivity (Wildman–Crippen MR) is 185 cm³/mol. The van der Waals surface area contributed by atoms with Crippen LogP contribution in [0.25, 0.3) is 11.0 Å². The van der Waals surface area contributed by atoms with Crippen molar-refractivity contribution in [2.75, 3.05) is 19.8 Å². The first-order chi connectivity index (χ1) is 22.4. The van der Waals surface area contributed by atoms with Gasteiger partial charge in [0.2, 0.25) is 5.91 Å². The summed E-state index contributed by atoms with van der Waals surface area (Å²) < 4.78 is 38.8. The van der Waals surface area contributed by atoms with Crippen LogP contribution in [0.15, 0.2) is 59.5 Å². The highest BCUT2D eigenvalue weighted by atomic mass is 32.3. The summed E-state index contributed by atoms with van der Waals surface area (Å²) in [5, 5.41) is 12.3. The van der Waals surface area contributed by atoms with Crippen molar-refractivity contribution >= 4 is 27.7 Å². The van der Waals surface area contributed by atoms with Gasteiger partial charge in [-0.25, -0.2) is 4.68 Å². The summed E-state index contributed by atoms with van der Waals surface area (Å²) in [4.78, 5) is 13.9. The predicted octanol–water partition coefficient (Wildman–Crippen LogP) is 6.83. The molecule has 0 saturated carbocycles. The van der Waals surface area contributed by atoms with Gasteiger partial charge in [0.15, 0.2) is 0 Å². The van der Waals surface area contributed by atoms with E-state index in [4.69, 9.17) is 9.47 Å². The van der Waals surface area contributed by atoms with Crippen LogP contribution in [0.3, 0.4) is 0 Å². The van der Waals surface area contributed by atoms with Gasteiger partial charge in [-0.15, -0.1) is 15.9 Å². The maximum Gasteiger partial charge on any atom is 0.225 e. The molecule has 1 fully saturated rings. The molecule has 6 rings (SSSR count). The van der Waals surface area contributed by atoms with Crippen LogP contribution >= 0.6 is 10.8 Å².